The van der Waals surface area contributed by atoms with E-state index in [0.717, 1.165) is 17.7 Å². The first-order valence-electron chi connectivity index (χ1n) is 7.86. The molecule has 2 rings (SSSR count). The molecule has 1 aliphatic heterocycles. The molecule has 0 aromatic heterocycles. The zero-order valence-corrected chi connectivity index (χ0v) is 14.2. The zero-order chi connectivity index (χ0) is 16.7. The third-order valence-corrected chi connectivity index (χ3v) is 4.68. The van der Waals surface area contributed by atoms with Crippen LogP contribution in [0, 0.1) is 5.92 Å². The summed E-state index contributed by atoms with van der Waals surface area (Å²) in [4.78, 5) is 26.2. The second kappa shape index (κ2) is 8.93. The third kappa shape index (κ3) is 5.25. The Morgan fingerprint density at radius 2 is 2.17 bits per heavy atom. The van der Waals surface area contributed by atoms with Gasteiger partial charge < -0.3 is 15.3 Å². The SMILES string of the molecule is CSCC[C@H](CO)NC(=O)[C@H]1CC(=O)N(Cc2ccccc2)C1. The Morgan fingerprint density at radius 3 is 2.83 bits per heavy atom. The van der Waals surface area contributed by atoms with Crippen LogP contribution in [0.2, 0.25) is 0 Å². The molecule has 1 aromatic carbocycles. The van der Waals surface area contributed by atoms with Crippen molar-refractivity contribution in [2.75, 3.05) is 25.2 Å². The Morgan fingerprint density at radius 1 is 1.43 bits per heavy atom. The Labute approximate surface area is 141 Å². The number of aliphatic hydroxyl groups excluding tert-OH is 1. The molecule has 0 saturated carbocycles. The summed E-state index contributed by atoms with van der Waals surface area (Å²) >= 11 is 1.68. The molecule has 2 atom stereocenters. The largest absolute Gasteiger partial charge is 0.394 e. The topological polar surface area (TPSA) is 69.6 Å². The molecule has 5 nitrogen and oxygen atoms in total. The second-order valence-corrected chi connectivity index (χ2v) is 6.82. The Kier molecular flexibility index (Phi) is 6.92. The Balaban J connectivity index is 1.87. The zero-order valence-electron chi connectivity index (χ0n) is 13.4. The van der Waals surface area contributed by atoms with E-state index in [9.17, 15) is 14.7 Å². The van der Waals surface area contributed by atoms with Crippen LogP contribution in [0.1, 0.15) is 18.4 Å². The van der Waals surface area contributed by atoms with E-state index in [1.165, 1.54) is 0 Å². The summed E-state index contributed by atoms with van der Waals surface area (Å²) in [5.41, 5.74) is 1.06. The van der Waals surface area contributed by atoms with Gasteiger partial charge >= 0.3 is 0 Å². The van der Waals surface area contributed by atoms with E-state index in [2.05, 4.69) is 5.32 Å². The van der Waals surface area contributed by atoms with Crippen LogP contribution in [-0.2, 0) is 16.1 Å². The number of hydrogen-bond acceptors (Lipinski definition) is 4. The highest BCUT2D eigenvalue weighted by Crippen LogP contribution is 2.20. The summed E-state index contributed by atoms with van der Waals surface area (Å²) < 4.78 is 0. The van der Waals surface area contributed by atoms with Gasteiger partial charge in [0.25, 0.3) is 0 Å². The summed E-state index contributed by atoms with van der Waals surface area (Å²) in [6, 6.07) is 9.55. The number of benzene rings is 1. The minimum absolute atomic E-state index is 0.0127. The first kappa shape index (κ1) is 17.8. The fourth-order valence-electron chi connectivity index (χ4n) is 2.69. The lowest BCUT2D eigenvalue weighted by Gasteiger charge is -2.19. The molecule has 2 N–H and O–H groups in total. The summed E-state index contributed by atoms with van der Waals surface area (Å²) in [6.07, 6.45) is 2.98. The van der Waals surface area contributed by atoms with Gasteiger partial charge in [-0.3, -0.25) is 9.59 Å². The van der Waals surface area contributed by atoms with Crippen molar-refractivity contribution in [3.63, 3.8) is 0 Å². The quantitative estimate of drug-likeness (QED) is 0.750. The van der Waals surface area contributed by atoms with Crippen LogP contribution in [0.3, 0.4) is 0 Å². The van der Waals surface area contributed by atoms with Crippen molar-refractivity contribution in [2.45, 2.75) is 25.4 Å². The summed E-state index contributed by atoms with van der Waals surface area (Å²) in [5.74, 6) is 0.442. The van der Waals surface area contributed by atoms with Crippen molar-refractivity contribution in [3.8, 4) is 0 Å². The number of nitrogens with one attached hydrogen (secondary N) is 1. The predicted molar refractivity (Wildman–Crippen MR) is 92.0 cm³/mol. The van der Waals surface area contributed by atoms with Gasteiger partial charge in [-0.05, 0) is 24.0 Å². The first-order valence-corrected chi connectivity index (χ1v) is 9.25. The van der Waals surface area contributed by atoms with Gasteiger partial charge in [0.15, 0.2) is 0 Å². The smallest absolute Gasteiger partial charge is 0.225 e. The van der Waals surface area contributed by atoms with Gasteiger partial charge in [0.2, 0.25) is 11.8 Å². The lowest BCUT2D eigenvalue weighted by Crippen LogP contribution is -2.42. The van der Waals surface area contributed by atoms with Crippen LogP contribution >= 0.6 is 11.8 Å². The van der Waals surface area contributed by atoms with Crippen molar-refractivity contribution in [1.29, 1.82) is 0 Å². The number of amides is 2. The number of likely N-dealkylation sites (tertiary alicyclic amines) is 1. The number of aliphatic hydroxyl groups is 1. The van der Waals surface area contributed by atoms with Crippen LogP contribution < -0.4 is 5.32 Å². The van der Waals surface area contributed by atoms with Crippen molar-refractivity contribution in [1.82, 2.24) is 10.2 Å². The molecule has 0 unspecified atom stereocenters. The van der Waals surface area contributed by atoms with Crippen LogP contribution in [0.25, 0.3) is 0 Å². The summed E-state index contributed by atoms with van der Waals surface area (Å²) in [6.45, 7) is 0.917. The van der Waals surface area contributed by atoms with Gasteiger partial charge in [-0.1, -0.05) is 30.3 Å². The molecule has 0 radical (unpaired) electrons. The Bertz CT molecular complexity index is 524. The van der Waals surface area contributed by atoms with E-state index in [0.29, 0.717) is 13.1 Å². The number of nitrogens with zero attached hydrogens (tertiary/aromatic N) is 1. The number of thioether (sulfide) groups is 1. The van der Waals surface area contributed by atoms with E-state index in [4.69, 9.17) is 0 Å². The molecule has 23 heavy (non-hydrogen) atoms. The number of rotatable bonds is 8. The predicted octanol–water partition coefficient (Wildman–Crippen LogP) is 1.27. The normalized spacial score (nSPS) is 19.0. The molecule has 1 fully saturated rings. The van der Waals surface area contributed by atoms with Gasteiger partial charge in [0, 0.05) is 19.5 Å². The molecule has 1 saturated heterocycles. The molecule has 0 bridgehead atoms. The van der Waals surface area contributed by atoms with Gasteiger partial charge in [0.1, 0.15) is 0 Å². The lowest BCUT2D eigenvalue weighted by atomic mass is 10.1. The van der Waals surface area contributed by atoms with Crippen molar-refractivity contribution >= 4 is 23.6 Å². The molecule has 0 spiro atoms. The molecule has 0 aliphatic carbocycles. The maximum Gasteiger partial charge on any atom is 0.225 e. The van der Waals surface area contributed by atoms with Gasteiger partial charge in [-0.2, -0.15) is 11.8 Å². The molecule has 2 amide bonds. The van der Waals surface area contributed by atoms with Gasteiger partial charge in [-0.15, -0.1) is 0 Å². The number of carbonyl (C=O) groups is 2. The molecule has 126 valence electrons. The fraction of sp³-hybridized carbons (Fsp3) is 0.529. The number of carbonyl (C=O) groups excluding carboxylic acids is 2. The monoisotopic (exact) mass is 336 g/mol. The van der Waals surface area contributed by atoms with E-state index in [1.807, 2.05) is 36.6 Å². The Hall–Kier alpha value is -1.53. The molecule has 1 heterocycles. The third-order valence-electron chi connectivity index (χ3n) is 4.04. The molecular weight excluding hydrogens is 312 g/mol. The van der Waals surface area contributed by atoms with E-state index < -0.39 is 0 Å². The van der Waals surface area contributed by atoms with Crippen LogP contribution in [0.15, 0.2) is 30.3 Å². The van der Waals surface area contributed by atoms with Crippen molar-refractivity contribution in [3.05, 3.63) is 35.9 Å². The average Bonchev–Trinajstić information content (AvgIpc) is 2.93. The van der Waals surface area contributed by atoms with Gasteiger partial charge in [0.05, 0.1) is 18.6 Å². The average molecular weight is 336 g/mol. The van der Waals surface area contributed by atoms with E-state index in [-0.39, 0.29) is 36.8 Å². The molecule has 1 aromatic rings. The number of hydrogen-bond donors (Lipinski definition) is 2. The maximum absolute atomic E-state index is 12.3. The van der Waals surface area contributed by atoms with Crippen molar-refractivity contribution in [2.24, 2.45) is 5.92 Å². The lowest BCUT2D eigenvalue weighted by molar-refractivity contribution is -0.129. The van der Waals surface area contributed by atoms with Crippen LogP contribution in [0.5, 0.6) is 0 Å². The molecule has 1 aliphatic rings. The second-order valence-electron chi connectivity index (χ2n) is 5.83. The molecule has 6 heteroatoms. The maximum atomic E-state index is 12.3. The minimum Gasteiger partial charge on any atom is -0.394 e. The van der Waals surface area contributed by atoms with E-state index >= 15 is 0 Å². The van der Waals surface area contributed by atoms with E-state index in [1.54, 1.807) is 16.7 Å². The van der Waals surface area contributed by atoms with Crippen LogP contribution in [0.4, 0.5) is 0 Å². The van der Waals surface area contributed by atoms with Gasteiger partial charge in [-0.25, -0.2) is 0 Å². The van der Waals surface area contributed by atoms with Crippen molar-refractivity contribution < 1.29 is 14.7 Å². The highest BCUT2D eigenvalue weighted by Gasteiger charge is 2.34. The highest BCUT2D eigenvalue weighted by atomic mass is 32.2. The van der Waals surface area contributed by atoms with Crippen LogP contribution in [-0.4, -0.2) is 53.0 Å². The highest BCUT2D eigenvalue weighted by molar-refractivity contribution is 7.98. The fourth-order valence-corrected chi connectivity index (χ4v) is 3.21. The summed E-state index contributed by atoms with van der Waals surface area (Å²) in [7, 11) is 0. The first-order chi connectivity index (χ1) is 11.1. The standard InChI is InChI=1S/C17H24N2O3S/c1-23-8-7-15(12-20)18-17(22)14-9-16(21)19(11-14)10-13-5-3-2-4-6-13/h2-6,14-15,20H,7-12H2,1H3,(H,18,22)/t14-,15+/m0/s1. The molecular formula is C17H24N2O3S. The minimum atomic E-state index is -0.324. The summed E-state index contributed by atoms with van der Waals surface area (Å²) in [5, 5.41) is 12.2.